The zero-order chi connectivity index (χ0) is 16.8. The van der Waals surface area contributed by atoms with Crippen LogP contribution in [-0.4, -0.2) is 7.11 Å². The van der Waals surface area contributed by atoms with E-state index in [4.69, 9.17) is 4.74 Å². The van der Waals surface area contributed by atoms with Crippen LogP contribution in [0.3, 0.4) is 0 Å². The first kappa shape index (κ1) is 15.7. The molecule has 2 bridgehead atoms. The first-order valence-corrected chi connectivity index (χ1v) is 8.99. The Morgan fingerprint density at radius 1 is 0.875 bits per heavy atom. The van der Waals surface area contributed by atoms with Gasteiger partial charge in [-0.1, -0.05) is 37.3 Å². The van der Waals surface area contributed by atoms with E-state index in [1.54, 1.807) is 7.11 Å². The van der Waals surface area contributed by atoms with Crippen LogP contribution < -0.4 is 4.74 Å². The normalized spacial score (nSPS) is 28.8. The molecule has 0 heterocycles. The van der Waals surface area contributed by atoms with Crippen LogP contribution in [0, 0.1) is 11.2 Å². The summed E-state index contributed by atoms with van der Waals surface area (Å²) in [5.41, 5.74) is 3.14. The second-order valence-corrected chi connectivity index (χ2v) is 7.99. The van der Waals surface area contributed by atoms with Crippen LogP contribution in [0.5, 0.6) is 5.75 Å². The highest BCUT2D eigenvalue weighted by Gasteiger charge is 2.48. The number of hydrogen-bond donors (Lipinski definition) is 0. The lowest BCUT2D eigenvalue weighted by Crippen LogP contribution is -2.43. The van der Waals surface area contributed by atoms with Crippen LogP contribution in [0.4, 0.5) is 4.39 Å². The third-order valence-corrected chi connectivity index (χ3v) is 6.59. The van der Waals surface area contributed by atoms with Crippen LogP contribution >= 0.6 is 0 Å². The Labute approximate surface area is 143 Å². The van der Waals surface area contributed by atoms with Gasteiger partial charge in [0.15, 0.2) is 0 Å². The smallest absolute Gasteiger partial charge is 0.134 e. The Morgan fingerprint density at radius 3 is 2.08 bits per heavy atom. The minimum atomic E-state index is -0.0202. The minimum Gasteiger partial charge on any atom is -0.497 e. The van der Waals surface area contributed by atoms with E-state index in [1.165, 1.54) is 19.3 Å². The van der Waals surface area contributed by atoms with Gasteiger partial charge in [0, 0.05) is 5.56 Å². The summed E-state index contributed by atoms with van der Waals surface area (Å²) in [4.78, 5) is 0. The Balaban J connectivity index is 1.73. The molecule has 5 rings (SSSR count). The van der Waals surface area contributed by atoms with Crippen LogP contribution in [0.15, 0.2) is 42.5 Å². The van der Waals surface area contributed by atoms with E-state index in [2.05, 4.69) is 6.92 Å². The van der Waals surface area contributed by atoms with Gasteiger partial charge >= 0.3 is 0 Å². The van der Waals surface area contributed by atoms with Gasteiger partial charge < -0.3 is 4.74 Å². The molecule has 3 aliphatic carbocycles. The number of benzene rings is 2. The predicted molar refractivity (Wildman–Crippen MR) is 95.9 cm³/mol. The van der Waals surface area contributed by atoms with Gasteiger partial charge in [0.1, 0.15) is 11.6 Å². The Morgan fingerprint density at radius 2 is 1.50 bits per heavy atom. The molecule has 2 aromatic carbocycles. The van der Waals surface area contributed by atoms with Gasteiger partial charge in [-0.05, 0) is 72.6 Å². The molecular formula is C22H25FO. The van der Waals surface area contributed by atoms with Crippen LogP contribution in [0.2, 0.25) is 0 Å². The molecule has 0 atom stereocenters. The standard InChI is InChI=1S/C22H25FO/c1-21-10-13-22(14-11-21,15-12-21)19-5-3-4-18(20(19)23)16-6-8-17(24-2)9-7-16/h3-9H,10-15H2,1-2H3. The van der Waals surface area contributed by atoms with Crippen molar-refractivity contribution in [1.82, 2.24) is 0 Å². The Hall–Kier alpha value is -1.83. The maximum Gasteiger partial charge on any atom is 0.134 e. The topological polar surface area (TPSA) is 9.23 Å². The number of hydrogen-bond acceptors (Lipinski definition) is 1. The van der Waals surface area contributed by atoms with Gasteiger partial charge in [-0.15, -0.1) is 0 Å². The molecule has 3 aliphatic rings. The average molecular weight is 324 g/mol. The number of halogens is 1. The van der Waals surface area contributed by atoms with E-state index in [1.807, 2.05) is 42.5 Å². The van der Waals surface area contributed by atoms with Gasteiger partial charge in [-0.3, -0.25) is 0 Å². The monoisotopic (exact) mass is 324 g/mol. The third kappa shape index (κ3) is 2.44. The number of fused-ring (bicyclic) bond motifs is 3. The maximum atomic E-state index is 15.4. The van der Waals surface area contributed by atoms with E-state index in [0.717, 1.165) is 36.1 Å². The first-order valence-electron chi connectivity index (χ1n) is 8.99. The molecule has 126 valence electrons. The van der Waals surface area contributed by atoms with Crippen molar-refractivity contribution < 1.29 is 9.13 Å². The highest BCUT2D eigenvalue weighted by Crippen LogP contribution is 2.58. The summed E-state index contributed by atoms with van der Waals surface area (Å²) < 4.78 is 20.6. The van der Waals surface area contributed by atoms with Gasteiger partial charge in [0.2, 0.25) is 0 Å². The van der Waals surface area contributed by atoms with Crippen molar-refractivity contribution in [3.8, 4) is 16.9 Å². The molecule has 0 spiro atoms. The SMILES string of the molecule is COc1ccc(-c2cccc(C34CCC(C)(CC3)CC4)c2F)cc1. The quantitative estimate of drug-likeness (QED) is 0.661. The molecule has 3 fully saturated rings. The highest BCUT2D eigenvalue weighted by molar-refractivity contribution is 5.66. The van der Waals surface area contributed by atoms with E-state index in [0.29, 0.717) is 11.0 Å². The lowest BCUT2D eigenvalue weighted by atomic mass is 9.52. The van der Waals surface area contributed by atoms with Crippen LogP contribution in [0.25, 0.3) is 11.1 Å². The Bertz CT molecular complexity index is 723. The van der Waals surface area contributed by atoms with Crippen LogP contribution in [-0.2, 0) is 5.41 Å². The van der Waals surface area contributed by atoms with Crippen molar-refractivity contribution in [1.29, 1.82) is 0 Å². The zero-order valence-electron chi connectivity index (χ0n) is 14.6. The predicted octanol–water partition coefficient (Wildman–Crippen LogP) is 6.11. The summed E-state index contributed by atoms with van der Waals surface area (Å²) in [6.07, 6.45) is 7.10. The van der Waals surface area contributed by atoms with Crippen molar-refractivity contribution >= 4 is 0 Å². The molecule has 0 aliphatic heterocycles. The molecule has 0 unspecified atom stereocenters. The summed E-state index contributed by atoms with van der Waals surface area (Å²) in [5, 5.41) is 0. The summed E-state index contributed by atoms with van der Waals surface area (Å²) in [7, 11) is 1.65. The molecule has 0 N–H and O–H groups in total. The van der Waals surface area contributed by atoms with E-state index in [-0.39, 0.29) is 11.2 Å². The first-order chi connectivity index (χ1) is 11.6. The summed E-state index contributed by atoms with van der Waals surface area (Å²) in [6.45, 7) is 2.40. The third-order valence-electron chi connectivity index (χ3n) is 6.59. The zero-order valence-corrected chi connectivity index (χ0v) is 14.6. The molecule has 24 heavy (non-hydrogen) atoms. The molecule has 0 radical (unpaired) electrons. The van der Waals surface area contributed by atoms with E-state index in [9.17, 15) is 0 Å². The van der Waals surface area contributed by atoms with Gasteiger partial charge in [-0.2, -0.15) is 0 Å². The van der Waals surface area contributed by atoms with E-state index < -0.39 is 0 Å². The average Bonchev–Trinajstić information content (AvgIpc) is 2.63. The van der Waals surface area contributed by atoms with Crippen LogP contribution in [0.1, 0.15) is 51.0 Å². The lowest BCUT2D eigenvalue weighted by Gasteiger charge is -2.52. The van der Waals surface area contributed by atoms with Crippen molar-refractivity contribution in [2.45, 2.75) is 50.9 Å². The lowest BCUT2D eigenvalue weighted by molar-refractivity contribution is 0.0536. The summed E-state index contributed by atoms with van der Waals surface area (Å²) in [5.74, 6) is 0.779. The molecule has 0 saturated heterocycles. The largest absolute Gasteiger partial charge is 0.497 e. The molecule has 0 amide bonds. The minimum absolute atomic E-state index is 0.0202. The fraction of sp³-hybridized carbons (Fsp3) is 0.455. The summed E-state index contributed by atoms with van der Waals surface area (Å²) >= 11 is 0. The second kappa shape index (κ2) is 5.61. The second-order valence-electron chi connectivity index (χ2n) is 7.99. The van der Waals surface area contributed by atoms with E-state index >= 15 is 4.39 Å². The fourth-order valence-electron chi connectivity index (χ4n) is 4.71. The maximum absolute atomic E-state index is 15.4. The van der Waals surface area contributed by atoms with Gasteiger partial charge in [-0.25, -0.2) is 4.39 Å². The highest BCUT2D eigenvalue weighted by atomic mass is 19.1. The summed E-state index contributed by atoms with van der Waals surface area (Å²) in [6, 6.07) is 13.6. The molecule has 1 nitrogen and oxygen atoms in total. The molecule has 2 aromatic rings. The van der Waals surface area contributed by atoms with Crippen molar-refractivity contribution in [2.24, 2.45) is 5.41 Å². The molecule has 3 saturated carbocycles. The number of rotatable bonds is 3. The fourth-order valence-corrected chi connectivity index (χ4v) is 4.71. The molecular weight excluding hydrogens is 299 g/mol. The Kier molecular flexibility index (Phi) is 3.67. The van der Waals surface area contributed by atoms with Gasteiger partial charge in [0.05, 0.1) is 7.11 Å². The van der Waals surface area contributed by atoms with Crippen molar-refractivity contribution in [3.63, 3.8) is 0 Å². The molecule has 2 heteroatoms. The van der Waals surface area contributed by atoms with Gasteiger partial charge in [0.25, 0.3) is 0 Å². The van der Waals surface area contributed by atoms with Crippen molar-refractivity contribution in [2.75, 3.05) is 7.11 Å². The number of methoxy groups -OCH3 is 1. The number of ether oxygens (including phenoxy) is 1. The molecule has 0 aromatic heterocycles. The van der Waals surface area contributed by atoms with Crippen molar-refractivity contribution in [3.05, 3.63) is 53.8 Å².